The van der Waals surface area contributed by atoms with Gasteiger partial charge in [0.05, 0.1) is 37.8 Å². The van der Waals surface area contributed by atoms with Crippen LogP contribution in [0.25, 0.3) is 10.9 Å². The van der Waals surface area contributed by atoms with Crippen LogP contribution in [0.1, 0.15) is 29.0 Å². The Bertz CT molecular complexity index is 1120. The number of carbonyl (C=O) groups excluding carboxylic acids is 1. The van der Waals surface area contributed by atoms with Crippen LogP contribution in [-0.4, -0.2) is 54.3 Å². The van der Waals surface area contributed by atoms with Crippen molar-refractivity contribution in [2.45, 2.75) is 25.5 Å². The zero-order valence-corrected chi connectivity index (χ0v) is 17.6. The molecular formula is C23H25N3O5. The summed E-state index contributed by atoms with van der Waals surface area (Å²) in [5.41, 5.74) is 0.791. The number of nitrogens with zero attached hydrogens (tertiary/aromatic N) is 2. The molecule has 0 radical (unpaired) electrons. The third-order valence-corrected chi connectivity index (χ3v) is 5.34. The van der Waals surface area contributed by atoms with Crippen molar-refractivity contribution in [3.8, 4) is 11.5 Å². The lowest BCUT2D eigenvalue weighted by Gasteiger charge is -2.25. The molecule has 2 heterocycles. The van der Waals surface area contributed by atoms with E-state index in [1.807, 2.05) is 6.07 Å². The molecule has 3 aromatic rings. The standard InChI is InChI=1S/C23H25N3O5/c1-29-17-10-15(11-18(12-17)30-2)23(28)26(13-16-6-5-9-31-16)14-21-24-20-8-4-3-7-19(20)22(27)25-21/h3-4,7-8,10-12,16H,5-6,9,13-14H2,1-2H3,(H,24,25,27)/t16-/m1/s1. The van der Waals surface area contributed by atoms with Crippen LogP contribution in [0.2, 0.25) is 0 Å². The number of aromatic nitrogens is 2. The lowest BCUT2D eigenvalue weighted by Crippen LogP contribution is -2.38. The minimum absolute atomic E-state index is 0.0522. The minimum atomic E-state index is -0.229. The first-order valence-corrected chi connectivity index (χ1v) is 10.2. The Balaban J connectivity index is 1.67. The van der Waals surface area contributed by atoms with E-state index >= 15 is 0 Å². The summed E-state index contributed by atoms with van der Waals surface area (Å²) in [5, 5.41) is 0.515. The van der Waals surface area contributed by atoms with Crippen molar-refractivity contribution in [2.24, 2.45) is 0 Å². The molecule has 2 aromatic carbocycles. The molecule has 4 rings (SSSR count). The van der Waals surface area contributed by atoms with E-state index in [1.165, 1.54) is 14.2 Å². The van der Waals surface area contributed by atoms with Crippen LogP contribution in [0.5, 0.6) is 11.5 Å². The highest BCUT2D eigenvalue weighted by atomic mass is 16.5. The molecule has 1 aliphatic heterocycles. The predicted octanol–water partition coefficient (Wildman–Crippen LogP) is 2.76. The van der Waals surface area contributed by atoms with Crippen LogP contribution < -0.4 is 15.0 Å². The van der Waals surface area contributed by atoms with Crippen LogP contribution in [0.3, 0.4) is 0 Å². The fourth-order valence-electron chi connectivity index (χ4n) is 3.76. The summed E-state index contributed by atoms with van der Waals surface area (Å²) in [6.45, 7) is 1.23. The number of hydrogen-bond donors (Lipinski definition) is 1. The molecule has 1 N–H and O–H groups in total. The normalized spacial score (nSPS) is 15.7. The van der Waals surface area contributed by atoms with Gasteiger partial charge in [-0.2, -0.15) is 0 Å². The summed E-state index contributed by atoms with van der Waals surface area (Å²) >= 11 is 0. The molecule has 8 heteroatoms. The molecule has 1 fully saturated rings. The van der Waals surface area contributed by atoms with Gasteiger partial charge in [0.1, 0.15) is 17.3 Å². The highest BCUT2D eigenvalue weighted by molar-refractivity contribution is 5.95. The number of para-hydroxylation sites is 1. The fraction of sp³-hybridized carbons (Fsp3) is 0.348. The maximum absolute atomic E-state index is 13.5. The number of aromatic amines is 1. The van der Waals surface area contributed by atoms with Crippen LogP contribution in [0.4, 0.5) is 0 Å². The number of amides is 1. The van der Waals surface area contributed by atoms with Crippen molar-refractivity contribution in [1.82, 2.24) is 14.9 Å². The molecule has 162 valence electrons. The van der Waals surface area contributed by atoms with Crippen LogP contribution in [0, 0.1) is 0 Å². The van der Waals surface area contributed by atoms with Crippen LogP contribution in [-0.2, 0) is 11.3 Å². The summed E-state index contributed by atoms with van der Waals surface area (Å²) in [5.74, 6) is 1.25. The average molecular weight is 423 g/mol. The summed E-state index contributed by atoms with van der Waals surface area (Å²) < 4.78 is 16.4. The number of nitrogens with one attached hydrogen (secondary N) is 1. The minimum Gasteiger partial charge on any atom is -0.497 e. The smallest absolute Gasteiger partial charge is 0.258 e. The predicted molar refractivity (Wildman–Crippen MR) is 116 cm³/mol. The second-order valence-corrected chi connectivity index (χ2v) is 7.45. The molecule has 1 aliphatic rings. The summed E-state index contributed by atoms with van der Waals surface area (Å²) in [7, 11) is 3.08. The highest BCUT2D eigenvalue weighted by Crippen LogP contribution is 2.25. The molecule has 8 nitrogen and oxygen atoms in total. The first-order valence-electron chi connectivity index (χ1n) is 10.2. The largest absolute Gasteiger partial charge is 0.497 e. The third-order valence-electron chi connectivity index (χ3n) is 5.34. The maximum Gasteiger partial charge on any atom is 0.258 e. The Labute approximate surface area is 179 Å². The maximum atomic E-state index is 13.5. The van der Waals surface area contributed by atoms with Crippen molar-refractivity contribution in [2.75, 3.05) is 27.4 Å². The first-order chi connectivity index (χ1) is 15.1. The average Bonchev–Trinajstić information content (AvgIpc) is 3.31. The zero-order valence-electron chi connectivity index (χ0n) is 17.6. The number of fused-ring (bicyclic) bond motifs is 1. The van der Waals surface area contributed by atoms with Gasteiger partial charge in [0.15, 0.2) is 0 Å². The van der Waals surface area contributed by atoms with Crippen molar-refractivity contribution in [3.05, 3.63) is 64.2 Å². The van der Waals surface area contributed by atoms with Gasteiger partial charge in [-0.1, -0.05) is 12.1 Å². The first kappa shape index (κ1) is 20.9. The second kappa shape index (κ2) is 9.18. The molecule has 1 aromatic heterocycles. The molecule has 1 atom stereocenters. The number of benzene rings is 2. The monoisotopic (exact) mass is 423 g/mol. The van der Waals surface area contributed by atoms with Crippen molar-refractivity contribution < 1.29 is 19.0 Å². The second-order valence-electron chi connectivity index (χ2n) is 7.45. The van der Waals surface area contributed by atoms with Gasteiger partial charge in [-0.15, -0.1) is 0 Å². The molecule has 0 aliphatic carbocycles. The van der Waals surface area contributed by atoms with E-state index in [-0.39, 0.29) is 24.1 Å². The third kappa shape index (κ3) is 4.69. The lowest BCUT2D eigenvalue weighted by atomic mass is 10.1. The zero-order chi connectivity index (χ0) is 21.8. The van der Waals surface area contributed by atoms with Gasteiger partial charge < -0.3 is 24.1 Å². The molecule has 1 amide bonds. The van der Waals surface area contributed by atoms with Crippen molar-refractivity contribution in [3.63, 3.8) is 0 Å². The van der Waals surface area contributed by atoms with Gasteiger partial charge in [-0.05, 0) is 37.1 Å². The molecule has 0 spiro atoms. The number of carbonyl (C=O) groups is 1. The van der Waals surface area contributed by atoms with E-state index in [9.17, 15) is 9.59 Å². The van der Waals surface area contributed by atoms with Gasteiger partial charge in [0.25, 0.3) is 11.5 Å². The van der Waals surface area contributed by atoms with E-state index in [0.717, 1.165) is 12.8 Å². The summed E-state index contributed by atoms with van der Waals surface area (Å²) in [6, 6.07) is 12.2. The topological polar surface area (TPSA) is 93.8 Å². The van der Waals surface area contributed by atoms with Gasteiger partial charge in [-0.3, -0.25) is 9.59 Å². The Morgan fingerprint density at radius 3 is 2.61 bits per heavy atom. The van der Waals surface area contributed by atoms with E-state index in [0.29, 0.717) is 46.9 Å². The quantitative estimate of drug-likeness (QED) is 0.628. The SMILES string of the molecule is COc1cc(OC)cc(C(=O)N(Cc2nc3ccccc3c(=O)[nH]2)C[C@H]2CCCO2)c1. The summed E-state index contributed by atoms with van der Waals surface area (Å²) in [6.07, 6.45) is 1.79. The van der Waals surface area contributed by atoms with E-state index in [1.54, 1.807) is 41.3 Å². The fourth-order valence-corrected chi connectivity index (χ4v) is 3.76. The Hall–Kier alpha value is -3.39. The molecule has 0 bridgehead atoms. The number of methoxy groups -OCH3 is 2. The van der Waals surface area contributed by atoms with Crippen LogP contribution in [0.15, 0.2) is 47.3 Å². The Morgan fingerprint density at radius 1 is 1.19 bits per heavy atom. The highest BCUT2D eigenvalue weighted by Gasteiger charge is 2.25. The van der Waals surface area contributed by atoms with E-state index in [4.69, 9.17) is 14.2 Å². The molecule has 0 saturated carbocycles. The number of rotatable bonds is 7. The lowest BCUT2D eigenvalue weighted by molar-refractivity contribution is 0.0501. The van der Waals surface area contributed by atoms with Gasteiger partial charge in [-0.25, -0.2) is 4.98 Å². The Morgan fingerprint density at radius 2 is 1.94 bits per heavy atom. The van der Waals surface area contributed by atoms with Crippen molar-refractivity contribution in [1.29, 1.82) is 0 Å². The number of H-pyrrole nitrogens is 1. The molecule has 0 unspecified atom stereocenters. The van der Waals surface area contributed by atoms with Gasteiger partial charge in [0.2, 0.25) is 0 Å². The summed E-state index contributed by atoms with van der Waals surface area (Å²) in [4.78, 5) is 34.9. The number of ether oxygens (including phenoxy) is 3. The molecule has 31 heavy (non-hydrogen) atoms. The van der Waals surface area contributed by atoms with Crippen LogP contribution >= 0.6 is 0 Å². The van der Waals surface area contributed by atoms with E-state index < -0.39 is 0 Å². The molecule has 1 saturated heterocycles. The van der Waals surface area contributed by atoms with E-state index in [2.05, 4.69) is 9.97 Å². The van der Waals surface area contributed by atoms with Crippen molar-refractivity contribution >= 4 is 16.8 Å². The van der Waals surface area contributed by atoms with Gasteiger partial charge in [0, 0.05) is 24.8 Å². The Kier molecular flexibility index (Phi) is 6.18. The molecular weight excluding hydrogens is 398 g/mol. The number of hydrogen-bond acceptors (Lipinski definition) is 6. The van der Waals surface area contributed by atoms with Gasteiger partial charge >= 0.3 is 0 Å².